The van der Waals surface area contributed by atoms with Crippen molar-refractivity contribution in [2.24, 2.45) is 0 Å². The van der Waals surface area contributed by atoms with Crippen LogP contribution >= 0.6 is 7.82 Å². The first-order valence-electron chi connectivity index (χ1n) is 0.783. The Bertz CT molecular complexity index is 57.8. The maximum Gasteiger partial charge on any atom is 0.466 e. The Labute approximate surface area is 44.0 Å². The fraction of sp³-hybridized carbons (Fsp3) is 1.00. The molecule has 0 saturated heterocycles. The molecule has 0 aromatic heterocycles. The van der Waals surface area contributed by atoms with Gasteiger partial charge in [-0.1, -0.05) is 7.43 Å². The molecule has 0 aliphatic rings. The van der Waals surface area contributed by atoms with E-state index >= 15 is 0 Å². The third-order valence-electron chi connectivity index (χ3n) is 0. The first kappa shape index (κ1) is 15.7. The Morgan fingerprint density at radius 2 is 1.14 bits per heavy atom. The molecule has 0 fully saturated rings. The molecule has 0 aliphatic carbocycles. The molecule has 0 radical (unpaired) electrons. The molecule has 0 amide bonds. The molecular weight excluding hydrogens is 118 g/mol. The zero-order chi connectivity index (χ0) is 4.50. The quantitative estimate of drug-likeness (QED) is 0.274. The minimum atomic E-state index is -4.64. The van der Waals surface area contributed by atoms with Crippen molar-refractivity contribution in [1.82, 2.24) is 0 Å². The van der Waals surface area contributed by atoms with Crippen molar-refractivity contribution in [2.45, 2.75) is 7.43 Å². The highest BCUT2D eigenvalue weighted by molar-refractivity contribution is 7.45. The van der Waals surface area contributed by atoms with Gasteiger partial charge >= 0.3 is 7.82 Å². The van der Waals surface area contributed by atoms with E-state index in [9.17, 15) is 0 Å². The topological polar surface area (TPSA) is 77.8 Å². The molecule has 46 valence electrons. The smallest absolute Gasteiger partial charge is 0.303 e. The number of rotatable bonds is 0. The van der Waals surface area contributed by atoms with Crippen LogP contribution in [0.15, 0.2) is 0 Å². The van der Waals surface area contributed by atoms with E-state index in [1.807, 2.05) is 0 Å². The largest absolute Gasteiger partial charge is 0.466 e. The van der Waals surface area contributed by atoms with E-state index in [1.165, 1.54) is 0 Å². The zero-order valence-corrected chi connectivity index (χ0v) is 3.09. The van der Waals surface area contributed by atoms with Crippen LogP contribution < -0.4 is 0 Å². The van der Waals surface area contributed by atoms with Crippen LogP contribution in [0.25, 0.3) is 0 Å². The Balaban J connectivity index is -0.0000000800. The Hall–Kier alpha value is 0.175. The first-order valence-corrected chi connectivity index (χ1v) is 2.35. The molecule has 0 atom stereocenters. The lowest BCUT2D eigenvalue weighted by atomic mass is 10.8. The highest BCUT2D eigenvalue weighted by Crippen LogP contribution is 2.25. The summed E-state index contributed by atoms with van der Waals surface area (Å²) < 4.78 is 8.88. The fourth-order valence-corrected chi connectivity index (χ4v) is 0. The summed E-state index contributed by atoms with van der Waals surface area (Å²) in [6.07, 6.45) is 0. The summed E-state index contributed by atoms with van der Waals surface area (Å²) in [6.45, 7) is 0. The summed E-state index contributed by atoms with van der Waals surface area (Å²) in [4.78, 5) is 21.6. The maximum atomic E-state index is 8.88. The van der Waals surface area contributed by atoms with Crippen LogP contribution in [-0.4, -0.2) is 23.1 Å². The molecule has 0 rings (SSSR count). The molecule has 0 saturated carbocycles. The van der Waals surface area contributed by atoms with Crippen molar-refractivity contribution < 1.29 is 19.2 Å². The third kappa shape index (κ3) is 3520. The van der Waals surface area contributed by atoms with E-state index in [4.69, 9.17) is 19.2 Å². The van der Waals surface area contributed by atoms with Gasteiger partial charge in [0.25, 0.3) is 0 Å². The number of hydrogen-bond donors (Lipinski definition) is 3. The van der Waals surface area contributed by atoms with Crippen LogP contribution in [0.4, 0.5) is 0 Å². The van der Waals surface area contributed by atoms with Crippen LogP contribution in [0.3, 0.4) is 0 Å². The minimum absolute atomic E-state index is 0. The highest BCUT2D eigenvalue weighted by Gasteiger charge is 2.00. The van der Waals surface area contributed by atoms with Crippen LogP contribution in [0, 0.1) is 0 Å². The molecule has 0 aromatic carbocycles. The first-order chi connectivity index (χ1) is 2.00. The van der Waals surface area contributed by atoms with Gasteiger partial charge in [0, 0.05) is 0 Å². The summed E-state index contributed by atoms with van der Waals surface area (Å²) in [6, 6.07) is 0. The molecule has 0 heterocycles. The van der Waals surface area contributed by atoms with Crippen molar-refractivity contribution in [3.05, 3.63) is 0 Å². The highest BCUT2D eigenvalue weighted by atomic mass is 31.2. The van der Waals surface area contributed by atoms with Gasteiger partial charge in [-0.2, -0.15) is 0 Å². The van der Waals surface area contributed by atoms with Gasteiger partial charge in [-0.25, -0.2) is 4.57 Å². The van der Waals surface area contributed by atoms with Gasteiger partial charge in [0.2, 0.25) is 0 Å². The lowest BCUT2D eigenvalue weighted by molar-refractivity contribution is 0.275. The van der Waals surface area contributed by atoms with Gasteiger partial charge in [0.05, 0.1) is 8.41 Å². The van der Waals surface area contributed by atoms with Gasteiger partial charge < -0.3 is 14.7 Å². The van der Waals surface area contributed by atoms with Gasteiger partial charge in [0.1, 0.15) is 0 Å². The minimum Gasteiger partial charge on any atom is -0.303 e. The summed E-state index contributed by atoms with van der Waals surface area (Å²) in [5.74, 6) is 0. The standard InChI is InChI=1S/CH4.BH3.H3O4P/c;;1-5(2,3)4/h1H4;1H3;(H3,1,2,3,4). The molecule has 0 spiro atoms. The second kappa shape index (κ2) is 4.34. The van der Waals surface area contributed by atoms with Gasteiger partial charge in [-0.3, -0.25) is 0 Å². The number of hydrogen-bond acceptors (Lipinski definition) is 1. The molecule has 0 aliphatic heterocycles. The van der Waals surface area contributed by atoms with E-state index in [2.05, 4.69) is 0 Å². The molecular formula is CH10BO4P. The van der Waals surface area contributed by atoms with E-state index in [0.717, 1.165) is 0 Å². The van der Waals surface area contributed by atoms with Crippen molar-refractivity contribution in [1.29, 1.82) is 0 Å². The van der Waals surface area contributed by atoms with Crippen LogP contribution in [0.1, 0.15) is 7.43 Å². The van der Waals surface area contributed by atoms with Crippen molar-refractivity contribution in [3.8, 4) is 0 Å². The predicted molar refractivity (Wildman–Crippen MR) is 30.9 cm³/mol. The molecule has 0 aromatic rings. The van der Waals surface area contributed by atoms with Crippen molar-refractivity contribution >= 4 is 16.2 Å². The normalized spacial score (nSPS) is 8.43. The average molecular weight is 128 g/mol. The summed E-state index contributed by atoms with van der Waals surface area (Å²) >= 11 is 0. The molecule has 7 heavy (non-hydrogen) atoms. The van der Waals surface area contributed by atoms with Gasteiger partial charge in [0.15, 0.2) is 0 Å². The van der Waals surface area contributed by atoms with Gasteiger partial charge in [-0.05, 0) is 0 Å². The van der Waals surface area contributed by atoms with E-state index in [1.54, 1.807) is 0 Å². The van der Waals surface area contributed by atoms with E-state index in [-0.39, 0.29) is 15.8 Å². The lowest BCUT2D eigenvalue weighted by Crippen LogP contribution is -1.66. The molecule has 6 heteroatoms. The summed E-state index contributed by atoms with van der Waals surface area (Å²) in [5.41, 5.74) is 0. The fourth-order valence-electron chi connectivity index (χ4n) is 0. The lowest BCUT2D eigenvalue weighted by Gasteiger charge is -1.82. The summed E-state index contributed by atoms with van der Waals surface area (Å²) in [5, 5.41) is 0. The molecule has 4 nitrogen and oxygen atoms in total. The zero-order valence-electron chi connectivity index (χ0n) is 2.20. The molecule has 3 N–H and O–H groups in total. The average Bonchev–Trinajstić information content (AvgIpc) is 0.722. The summed E-state index contributed by atoms with van der Waals surface area (Å²) in [7, 11) is -4.64. The second-order valence-corrected chi connectivity index (χ2v) is 1.54. The van der Waals surface area contributed by atoms with Crippen molar-refractivity contribution in [2.75, 3.05) is 0 Å². The molecule has 0 bridgehead atoms. The van der Waals surface area contributed by atoms with Crippen LogP contribution in [0.2, 0.25) is 0 Å². The van der Waals surface area contributed by atoms with Crippen LogP contribution in [0.5, 0.6) is 0 Å². The number of phosphoric acid groups is 1. The Kier molecular flexibility index (Phi) is 9.72. The third-order valence-corrected chi connectivity index (χ3v) is 0. The van der Waals surface area contributed by atoms with Crippen molar-refractivity contribution in [3.63, 3.8) is 0 Å². The van der Waals surface area contributed by atoms with Crippen LogP contribution in [-0.2, 0) is 4.57 Å². The Morgan fingerprint density at radius 1 is 1.14 bits per heavy atom. The van der Waals surface area contributed by atoms with E-state index in [0.29, 0.717) is 0 Å². The van der Waals surface area contributed by atoms with Gasteiger partial charge in [-0.15, -0.1) is 0 Å². The monoisotopic (exact) mass is 128 g/mol. The predicted octanol–water partition coefficient (Wildman–Crippen LogP) is -1.48. The Morgan fingerprint density at radius 3 is 1.14 bits per heavy atom. The second-order valence-electron chi connectivity index (χ2n) is 0.513. The maximum absolute atomic E-state index is 8.88. The SMILES string of the molecule is B.C.O=P(O)(O)O. The van der Waals surface area contributed by atoms with E-state index < -0.39 is 7.82 Å². The molecule has 0 unspecified atom stereocenters.